The molecule has 1 aliphatic rings. The molecule has 0 bridgehead atoms. The predicted molar refractivity (Wildman–Crippen MR) is 96.0 cm³/mol. The molecule has 25 heavy (non-hydrogen) atoms. The summed E-state index contributed by atoms with van der Waals surface area (Å²) in [6.07, 6.45) is 6.07. The molecule has 0 spiro atoms. The first-order valence-corrected chi connectivity index (χ1v) is 8.89. The number of benzene rings is 1. The van der Waals surface area contributed by atoms with Gasteiger partial charge in [-0.25, -0.2) is 4.98 Å². The summed E-state index contributed by atoms with van der Waals surface area (Å²) >= 11 is 0. The number of nitrogens with zero attached hydrogens (tertiary/aromatic N) is 5. The van der Waals surface area contributed by atoms with Gasteiger partial charge in [0.2, 0.25) is 5.91 Å². The molecule has 3 heterocycles. The van der Waals surface area contributed by atoms with E-state index in [4.69, 9.17) is 4.98 Å². The molecule has 0 radical (unpaired) electrons. The van der Waals surface area contributed by atoms with Gasteiger partial charge in [0.05, 0.1) is 29.7 Å². The molecule has 1 aromatic carbocycles. The van der Waals surface area contributed by atoms with E-state index >= 15 is 0 Å². The van der Waals surface area contributed by atoms with Crippen molar-refractivity contribution in [3.05, 3.63) is 48.0 Å². The average Bonchev–Trinajstić information content (AvgIpc) is 3.31. The number of carbonyl (C=O) groups excluding carboxylic acids is 1. The fourth-order valence-electron chi connectivity index (χ4n) is 3.85. The molecule has 1 aliphatic heterocycles. The van der Waals surface area contributed by atoms with E-state index in [0.29, 0.717) is 6.42 Å². The molecular formula is C19H23N5O. The number of aromatic nitrogens is 4. The highest BCUT2D eigenvalue weighted by atomic mass is 16.2. The fourth-order valence-corrected chi connectivity index (χ4v) is 3.85. The molecule has 0 saturated carbocycles. The number of carbonyl (C=O) groups is 1. The third-order valence-corrected chi connectivity index (χ3v) is 4.99. The number of para-hydroxylation sites is 2. The Bertz CT molecular complexity index is 910. The van der Waals surface area contributed by atoms with Gasteiger partial charge >= 0.3 is 0 Å². The van der Waals surface area contributed by atoms with Crippen LogP contribution in [-0.2, 0) is 24.8 Å². The van der Waals surface area contributed by atoms with Gasteiger partial charge in [-0.05, 0) is 37.5 Å². The number of aryl methyl sites for hydroxylation is 2. The first kappa shape index (κ1) is 15.9. The summed E-state index contributed by atoms with van der Waals surface area (Å²) in [5.41, 5.74) is 3.11. The van der Waals surface area contributed by atoms with Crippen LogP contribution in [-0.4, -0.2) is 36.7 Å². The van der Waals surface area contributed by atoms with Crippen LogP contribution in [0.15, 0.2) is 36.7 Å². The lowest BCUT2D eigenvalue weighted by Gasteiger charge is -2.25. The Labute approximate surface area is 147 Å². The Morgan fingerprint density at radius 2 is 2.16 bits per heavy atom. The Morgan fingerprint density at radius 3 is 2.92 bits per heavy atom. The summed E-state index contributed by atoms with van der Waals surface area (Å²) in [7, 11) is 1.87. The number of rotatable bonds is 4. The van der Waals surface area contributed by atoms with Crippen LogP contribution in [0.4, 0.5) is 0 Å². The third kappa shape index (κ3) is 2.81. The second kappa shape index (κ2) is 6.35. The van der Waals surface area contributed by atoms with Gasteiger partial charge in [0, 0.05) is 26.3 Å². The SMILES string of the molecule is CCn1c([C@@H]2CCCN2C(=O)Cc2cnn(C)c2)nc2ccccc21. The van der Waals surface area contributed by atoms with Crippen molar-refractivity contribution in [3.63, 3.8) is 0 Å². The van der Waals surface area contributed by atoms with Crippen LogP contribution in [0.1, 0.15) is 37.2 Å². The summed E-state index contributed by atoms with van der Waals surface area (Å²) in [6.45, 7) is 3.79. The summed E-state index contributed by atoms with van der Waals surface area (Å²) in [4.78, 5) is 19.7. The lowest BCUT2D eigenvalue weighted by molar-refractivity contribution is -0.131. The number of fused-ring (bicyclic) bond motifs is 1. The topological polar surface area (TPSA) is 56.0 Å². The van der Waals surface area contributed by atoms with E-state index in [-0.39, 0.29) is 11.9 Å². The molecule has 1 fully saturated rings. The maximum atomic E-state index is 12.9. The molecule has 0 unspecified atom stereocenters. The van der Waals surface area contributed by atoms with Crippen molar-refractivity contribution >= 4 is 16.9 Å². The summed E-state index contributed by atoms with van der Waals surface area (Å²) in [6, 6.07) is 8.27. The van der Waals surface area contributed by atoms with Gasteiger partial charge in [-0.15, -0.1) is 0 Å². The molecule has 1 atom stereocenters. The van der Waals surface area contributed by atoms with E-state index < -0.39 is 0 Å². The van der Waals surface area contributed by atoms with E-state index in [1.807, 2.05) is 36.3 Å². The lowest BCUT2D eigenvalue weighted by atomic mass is 10.2. The van der Waals surface area contributed by atoms with Crippen molar-refractivity contribution < 1.29 is 4.79 Å². The molecule has 6 heteroatoms. The van der Waals surface area contributed by atoms with Crippen LogP contribution in [0.2, 0.25) is 0 Å². The predicted octanol–water partition coefficient (Wildman–Crippen LogP) is 2.70. The molecule has 1 amide bonds. The Kier molecular flexibility index (Phi) is 4.03. The molecule has 130 valence electrons. The van der Waals surface area contributed by atoms with Crippen molar-refractivity contribution in [1.29, 1.82) is 0 Å². The van der Waals surface area contributed by atoms with Gasteiger partial charge in [0.15, 0.2) is 0 Å². The monoisotopic (exact) mass is 337 g/mol. The Balaban J connectivity index is 1.64. The van der Waals surface area contributed by atoms with Crippen LogP contribution in [0.5, 0.6) is 0 Å². The minimum atomic E-state index is 0.0662. The largest absolute Gasteiger partial charge is 0.332 e. The summed E-state index contributed by atoms with van der Waals surface area (Å²) in [5.74, 6) is 1.17. The van der Waals surface area contributed by atoms with E-state index in [0.717, 1.165) is 48.4 Å². The molecule has 0 N–H and O–H groups in total. The Hall–Kier alpha value is -2.63. The molecule has 0 aliphatic carbocycles. The van der Waals surface area contributed by atoms with Crippen LogP contribution >= 0.6 is 0 Å². The summed E-state index contributed by atoms with van der Waals surface area (Å²) < 4.78 is 3.98. The Morgan fingerprint density at radius 1 is 1.32 bits per heavy atom. The fraction of sp³-hybridized carbons (Fsp3) is 0.421. The zero-order chi connectivity index (χ0) is 17.4. The van der Waals surface area contributed by atoms with E-state index in [9.17, 15) is 4.79 Å². The van der Waals surface area contributed by atoms with Crippen molar-refractivity contribution in [1.82, 2.24) is 24.2 Å². The third-order valence-electron chi connectivity index (χ3n) is 4.99. The zero-order valence-corrected chi connectivity index (χ0v) is 14.7. The van der Waals surface area contributed by atoms with Crippen LogP contribution in [0.25, 0.3) is 11.0 Å². The van der Waals surface area contributed by atoms with Crippen molar-refractivity contribution in [2.75, 3.05) is 6.54 Å². The number of hydrogen-bond acceptors (Lipinski definition) is 3. The van der Waals surface area contributed by atoms with Gasteiger partial charge in [0.25, 0.3) is 0 Å². The normalized spacial score (nSPS) is 17.5. The highest BCUT2D eigenvalue weighted by molar-refractivity contribution is 5.80. The highest BCUT2D eigenvalue weighted by Gasteiger charge is 2.33. The first-order valence-electron chi connectivity index (χ1n) is 8.89. The second-order valence-corrected chi connectivity index (χ2v) is 6.65. The molecular weight excluding hydrogens is 314 g/mol. The van der Waals surface area contributed by atoms with Crippen molar-refractivity contribution in [2.24, 2.45) is 7.05 Å². The minimum Gasteiger partial charge on any atom is -0.332 e. The van der Waals surface area contributed by atoms with Gasteiger partial charge in [0.1, 0.15) is 5.82 Å². The molecule has 2 aromatic heterocycles. The van der Waals surface area contributed by atoms with E-state index in [1.165, 1.54) is 0 Å². The van der Waals surface area contributed by atoms with Gasteiger partial charge < -0.3 is 9.47 Å². The van der Waals surface area contributed by atoms with Crippen LogP contribution in [0.3, 0.4) is 0 Å². The zero-order valence-electron chi connectivity index (χ0n) is 14.7. The smallest absolute Gasteiger partial charge is 0.227 e. The maximum Gasteiger partial charge on any atom is 0.227 e. The average molecular weight is 337 g/mol. The van der Waals surface area contributed by atoms with Crippen molar-refractivity contribution in [3.8, 4) is 0 Å². The van der Waals surface area contributed by atoms with Crippen LogP contribution in [0, 0.1) is 0 Å². The number of likely N-dealkylation sites (tertiary alicyclic amines) is 1. The lowest BCUT2D eigenvalue weighted by Crippen LogP contribution is -2.33. The highest BCUT2D eigenvalue weighted by Crippen LogP contribution is 2.33. The number of amides is 1. The number of imidazole rings is 1. The van der Waals surface area contributed by atoms with Crippen LogP contribution < -0.4 is 0 Å². The summed E-state index contributed by atoms with van der Waals surface area (Å²) in [5, 5.41) is 4.16. The molecule has 1 saturated heterocycles. The molecule has 3 aromatic rings. The first-order chi connectivity index (χ1) is 12.2. The van der Waals surface area contributed by atoms with E-state index in [2.05, 4.69) is 22.7 Å². The van der Waals surface area contributed by atoms with E-state index in [1.54, 1.807) is 10.9 Å². The van der Waals surface area contributed by atoms with Gasteiger partial charge in [-0.3, -0.25) is 9.48 Å². The minimum absolute atomic E-state index is 0.0662. The standard InChI is InChI=1S/C19H23N5O/c1-3-23-16-8-5-4-7-15(16)21-19(23)17-9-6-10-24(17)18(25)11-14-12-20-22(2)13-14/h4-5,7-8,12-13,17H,3,6,9-11H2,1-2H3/t17-/m0/s1. The number of hydrogen-bond donors (Lipinski definition) is 0. The maximum absolute atomic E-state index is 12.9. The van der Waals surface area contributed by atoms with Gasteiger partial charge in [-0.2, -0.15) is 5.10 Å². The molecule has 6 nitrogen and oxygen atoms in total. The quantitative estimate of drug-likeness (QED) is 0.735. The molecule has 4 rings (SSSR count). The van der Waals surface area contributed by atoms with Gasteiger partial charge in [-0.1, -0.05) is 12.1 Å². The van der Waals surface area contributed by atoms with Crippen molar-refractivity contribution in [2.45, 2.75) is 38.8 Å². The second-order valence-electron chi connectivity index (χ2n) is 6.65.